The van der Waals surface area contributed by atoms with Crippen molar-refractivity contribution in [3.63, 3.8) is 0 Å². The predicted molar refractivity (Wildman–Crippen MR) is 58.2 cm³/mol. The molecule has 1 aliphatic rings. The minimum atomic E-state index is -4.73. The lowest BCUT2D eigenvalue weighted by Gasteiger charge is -2.33. The third-order valence-electron chi connectivity index (χ3n) is 3.49. The van der Waals surface area contributed by atoms with Crippen molar-refractivity contribution in [2.24, 2.45) is 11.7 Å². The number of rotatable bonds is 2. The van der Waals surface area contributed by atoms with E-state index in [4.69, 9.17) is 5.73 Å². The number of carbonyl (C=O) groups is 1. The molecule has 0 radical (unpaired) electrons. The molecule has 0 spiro atoms. The molecule has 3 N–H and O–H groups in total. The van der Waals surface area contributed by atoms with Crippen LogP contribution in [0.2, 0.25) is 0 Å². The second kappa shape index (κ2) is 4.84. The third-order valence-corrected chi connectivity index (χ3v) is 3.49. The highest BCUT2D eigenvalue weighted by atomic mass is 19.4. The summed E-state index contributed by atoms with van der Waals surface area (Å²) in [6, 6.07) is -0.193. The van der Waals surface area contributed by atoms with E-state index in [1.165, 1.54) is 0 Å². The minimum absolute atomic E-state index is 0.193. The fraction of sp³-hybridized carbons (Fsp3) is 0.909. The molecule has 0 saturated heterocycles. The van der Waals surface area contributed by atoms with Crippen molar-refractivity contribution in [2.75, 3.05) is 0 Å². The van der Waals surface area contributed by atoms with Crippen molar-refractivity contribution in [3.8, 4) is 0 Å². The summed E-state index contributed by atoms with van der Waals surface area (Å²) in [4.78, 5) is 11.6. The van der Waals surface area contributed by atoms with Crippen molar-refractivity contribution >= 4 is 5.91 Å². The number of amides is 1. The zero-order valence-electron chi connectivity index (χ0n) is 10.1. The van der Waals surface area contributed by atoms with Crippen LogP contribution < -0.4 is 11.1 Å². The molecule has 1 aliphatic carbocycles. The highest BCUT2D eigenvalue weighted by Gasteiger charge is 2.54. The molecule has 17 heavy (non-hydrogen) atoms. The molecule has 0 heterocycles. The minimum Gasteiger partial charge on any atom is -0.351 e. The van der Waals surface area contributed by atoms with Crippen LogP contribution in [0, 0.1) is 5.92 Å². The quantitative estimate of drug-likeness (QED) is 0.789. The zero-order valence-corrected chi connectivity index (χ0v) is 10.1. The second-order valence-corrected chi connectivity index (χ2v) is 5.04. The van der Waals surface area contributed by atoms with E-state index in [9.17, 15) is 18.0 Å². The summed E-state index contributed by atoms with van der Waals surface area (Å²) >= 11 is 0. The Morgan fingerprint density at radius 2 is 1.82 bits per heavy atom. The van der Waals surface area contributed by atoms with Crippen LogP contribution in [0.4, 0.5) is 13.2 Å². The van der Waals surface area contributed by atoms with Gasteiger partial charge in [0.15, 0.2) is 5.54 Å². The molecular weight excluding hydrogens is 233 g/mol. The Balaban J connectivity index is 2.65. The molecule has 0 bridgehead atoms. The average molecular weight is 252 g/mol. The van der Waals surface area contributed by atoms with Gasteiger partial charge in [-0.15, -0.1) is 0 Å². The van der Waals surface area contributed by atoms with Gasteiger partial charge < -0.3 is 11.1 Å². The summed E-state index contributed by atoms with van der Waals surface area (Å²) in [5.74, 6) is -0.930. The number of alkyl halides is 3. The van der Waals surface area contributed by atoms with Crippen LogP contribution in [0.15, 0.2) is 0 Å². The summed E-state index contributed by atoms with van der Waals surface area (Å²) in [5.41, 5.74) is 2.25. The SMILES string of the molecule is CC1CCCCC1NC(=O)C(C)(N)C(F)(F)F. The van der Waals surface area contributed by atoms with Gasteiger partial charge in [-0.05, 0) is 25.7 Å². The summed E-state index contributed by atoms with van der Waals surface area (Å²) in [7, 11) is 0. The van der Waals surface area contributed by atoms with Gasteiger partial charge >= 0.3 is 6.18 Å². The second-order valence-electron chi connectivity index (χ2n) is 5.04. The van der Waals surface area contributed by atoms with E-state index in [2.05, 4.69) is 5.32 Å². The molecule has 0 aliphatic heterocycles. The number of nitrogens with two attached hydrogens (primary N) is 1. The van der Waals surface area contributed by atoms with Gasteiger partial charge in [0, 0.05) is 6.04 Å². The van der Waals surface area contributed by atoms with Gasteiger partial charge in [0.1, 0.15) is 0 Å². The van der Waals surface area contributed by atoms with Gasteiger partial charge in [-0.25, -0.2) is 0 Å². The summed E-state index contributed by atoms with van der Waals surface area (Å²) < 4.78 is 37.6. The third kappa shape index (κ3) is 3.12. The number of hydrogen-bond donors (Lipinski definition) is 2. The molecule has 3 atom stereocenters. The van der Waals surface area contributed by atoms with E-state index in [1.807, 2.05) is 6.92 Å². The summed E-state index contributed by atoms with van der Waals surface area (Å²) in [5, 5.41) is 2.43. The first-order valence-corrected chi connectivity index (χ1v) is 5.83. The van der Waals surface area contributed by atoms with Gasteiger partial charge in [-0.1, -0.05) is 19.8 Å². The normalized spacial score (nSPS) is 29.5. The highest BCUT2D eigenvalue weighted by Crippen LogP contribution is 2.29. The van der Waals surface area contributed by atoms with Crippen molar-refractivity contribution < 1.29 is 18.0 Å². The predicted octanol–water partition coefficient (Wildman–Crippen LogP) is 1.96. The Morgan fingerprint density at radius 3 is 2.29 bits per heavy atom. The fourth-order valence-corrected chi connectivity index (χ4v) is 1.98. The molecule has 1 saturated carbocycles. The molecular formula is C11H19F3N2O. The number of nitrogens with one attached hydrogen (secondary N) is 1. The molecule has 6 heteroatoms. The zero-order chi connectivity index (χ0) is 13.3. The van der Waals surface area contributed by atoms with Gasteiger partial charge in [0.25, 0.3) is 0 Å². The largest absolute Gasteiger partial charge is 0.415 e. The smallest absolute Gasteiger partial charge is 0.351 e. The van der Waals surface area contributed by atoms with E-state index in [1.54, 1.807) is 0 Å². The lowest BCUT2D eigenvalue weighted by atomic mass is 9.85. The van der Waals surface area contributed by atoms with Gasteiger partial charge in [0.05, 0.1) is 0 Å². The molecule has 1 fully saturated rings. The standard InChI is InChI=1S/C11H19F3N2O/c1-7-5-3-4-6-8(7)16-9(17)10(2,15)11(12,13)14/h7-8H,3-6,15H2,1-2H3,(H,16,17). The molecule has 100 valence electrons. The summed E-state index contributed by atoms with van der Waals surface area (Å²) in [6.07, 6.45) is -1.08. The first kappa shape index (κ1) is 14.3. The molecule has 3 unspecified atom stereocenters. The van der Waals surface area contributed by atoms with Crippen molar-refractivity contribution in [1.29, 1.82) is 0 Å². The van der Waals surface area contributed by atoms with Crippen LogP contribution in [-0.4, -0.2) is 23.7 Å². The Bertz CT molecular complexity index is 289. The maximum absolute atomic E-state index is 12.5. The Hall–Kier alpha value is -0.780. The molecule has 0 aromatic carbocycles. The Kier molecular flexibility index (Phi) is 4.06. The first-order chi connectivity index (χ1) is 7.66. The molecule has 0 aromatic rings. The van der Waals surface area contributed by atoms with Crippen LogP contribution in [-0.2, 0) is 4.79 Å². The lowest BCUT2D eigenvalue weighted by molar-refractivity contribution is -0.188. The van der Waals surface area contributed by atoms with Gasteiger partial charge in [-0.3, -0.25) is 4.79 Å². The summed E-state index contributed by atoms with van der Waals surface area (Å²) in [6.45, 7) is 2.64. The van der Waals surface area contributed by atoms with Gasteiger partial charge in [0.2, 0.25) is 5.91 Å². The van der Waals surface area contributed by atoms with Crippen molar-refractivity contribution in [1.82, 2.24) is 5.32 Å². The lowest BCUT2D eigenvalue weighted by Crippen LogP contribution is -2.63. The highest BCUT2D eigenvalue weighted by molar-refractivity contribution is 5.86. The Labute approximate surface area is 98.9 Å². The van der Waals surface area contributed by atoms with E-state index in [-0.39, 0.29) is 12.0 Å². The topological polar surface area (TPSA) is 55.1 Å². The van der Waals surface area contributed by atoms with Crippen LogP contribution in [0.3, 0.4) is 0 Å². The van der Waals surface area contributed by atoms with Crippen LogP contribution in [0.5, 0.6) is 0 Å². The van der Waals surface area contributed by atoms with E-state index in [0.29, 0.717) is 6.92 Å². The van der Waals surface area contributed by atoms with Crippen LogP contribution in [0.25, 0.3) is 0 Å². The molecule has 3 nitrogen and oxygen atoms in total. The molecule has 1 amide bonds. The average Bonchev–Trinajstić information content (AvgIpc) is 2.19. The fourth-order valence-electron chi connectivity index (χ4n) is 1.98. The number of hydrogen-bond acceptors (Lipinski definition) is 2. The van der Waals surface area contributed by atoms with Crippen LogP contribution >= 0.6 is 0 Å². The molecule has 0 aromatic heterocycles. The van der Waals surface area contributed by atoms with Crippen LogP contribution in [0.1, 0.15) is 39.5 Å². The number of halogens is 3. The van der Waals surface area contributed by atoms with Crippen molar-refractivity contribution in [3.05, 3.63) is 0 Å². The number of carbonyl (C=O) groups excluding carboxylic acids is 1. The van der Waals surface area contributed by atoms with E-state index in [0.717, 1.165) is 25.7 Å². The Morgan fingerprint density at radius 1 is 1.29 bits per heavy atom. The monoisotopic (exact) mass is 252 g/mol. The maximum Gasteiger partial charge on any atom is 0.415 e. The molecule has 1 rings (SSSR count). The maximum atomic E-state index is 12.5. The van der Waals surface area contributed by atoms with E-state index >= 15 is 0 Å². The van der Waals surface area contributed by atoms with Crippen molar-refractivity contribution in [2.45, 2.75) is 57.3 Å². The van der Waals surface area contributed by atoms with Gasteiger partial charge in [-0.2, -0.15) is 13.2 Å². The first-order valence-electron chi connectivity index (χ1n) is 5.83. The van der Waals surface area contributed by atoms with E-state index < -0.39 is 17.6 Å².